The summed E-state index contributed by atoms with van der Waals surface area (Å²) in [7, 11) is 1.54. The lowest BCUT2D eigenvalue weighted by molar-refractivity contribution is 0.0498. The summed E-state index contributed by atoms with van der Waals surface area (Å²) < 4.78 is 11.0. The maximum atomic E-state index is 12.3. The van der Waals surface area contributed by atoms with Crippen molar-refractivity contribution < 1.29 is 23.9 Å². The number of nitrogens with one attached hydrogen (secondary N) is 3. The minimum atomic E-state index is -0.372. The fraction of sp³-hybridized carbons (Fsp3) is 0.259. The number of nitrogens with zero attached hydrogens (tertiary/aromatic N) is 1. The number of benzene rings is 2. The zero-order valence-corrected chi connectivity index (χ0v) is 20.4. The zero-order valence-electron chi connectivity index (χ0n) is 20.4. The van der Waals surface area contributed by atoms with Crippen molar-refractivity contribution in [1.29, 1.82) is 0 Å². The topological polar surface area (TPSA) is 119 Å². The van der Waals surface area contributed by atoms with E-state index in [2.05, 4.69) is 27.9 Å². The summed E-state index contributed by atoms with van der Waals surface area (Å²) in [6, 6.07) is 16.6. The minimum absolute atomic E-state index is 0.263. The lowest BCUT2D eigenvalue weighted by atomic mass is 10.2. The lowest BCUT2D eigenvalue weighted by Gasteiger charge is -2.10. The van der Waals surface area contributed by atoms with Gasteiger partial charge in [-0.2, -0.15) is 0 Å². The van der Waals surface area contributed by atoms with Crippen LogP contribution < -0.4 is 20.7 Å². The van der Waals surface area contributed by atoms with Crippen LogP contribution >= 0.6 is 0 Å². The first kappa shape index (κ1) is 26.2. The van der Waals surface area contributed by atoms with Gasteiger partial charge in [0.05, 0.1) is 12.2 Å². The van der Waals surface area contributed by atoms with Crippen molar-refractivity contribution in [2.24, 2.45) is 0 Å². The summed E-state index contributed by atoms with van der Waals surface area (Å²) in [5.74, 6) is 0.410. The summed E-state index contributed by atoms with van der Waals surface area (Å²) in [4.78, 5) is 40.0. The van der Waals surface area contributed by atoms with Gasteiger partial charge < -0.3 is 25.4 Å². The SMILES string of the molecule is CCCCCOC(=O)c1ccc(NC(=O)NCc2ccc(Oc3ccnc(C(=O)NC)c3)cc2)cc1. The molecule has 0 saturated heterocycles. The Balaban J connectivity index is 1.44. The van der Waals surface area contributed by atoms with Crippen molar-refractivity contribution in [2.45, 2.75) is 32.7 Å². The predicted molar refractivity (Wildman–Crippen MR) is 136 cm³/mol. The van der Waals surface area contributed by atoms with Gasteiger partial charge in [0.15, 0.2) is 0 Å². The highest BCUT2D eigenvalue weighted by molar-refractivity contribution is 5.93. The lowest BCUT2D eigenvalue weighted by Crippen LogP contribution is -2.28. The number of carbonyl (C=O) groups excluding carboxylic acids is 3. The molecule has 188 valence electrons. The molecule has 36 heavy (non-hydrogen) atoms. The van der Waals surface area contributed by atoms with Crippen molar-refractivity contribution in [3.8, 4) is 11.5 Å². The Morgan fingerprint density at radius 3 is 2.36 bits per heavy atom. The third kappa shape index (κ3) is 8.12. The number of ether oxygens (including phenoxy) is 2. The fourth-order valence-electron chi connectivity index (χ4n) is 3.19. The van der Waals surface area contributed by atoms with Crippen LogP contribution in [0.3, 0.4) is 0 Å². The number of hydrogen-bond donors (Lipinski definition) is 3. The number of esters is 1. The molecule has 0 aliphatic heterocycles. The quantitative estimate of drug-likeness (QED) is 0.260. The van der Waals surface area contributed by atoms with Gasteiger partial charge >= 0.3 is 12.0 Å². The molecule has 0 aliphatic rings. The Labute approximate surface area is 210 Å². The van der Waals surface area contributed by atoms with E-state index in [1.54, 1.807) is 48.5 Å². The van der Waals surface area contributed by atoms with Gasteiger partial charge in [0.25, 0.3) is 5.91 Å². The normalized spacial score (nSPS) is 10.3. The first-order valence-corrected chi connectivity index (χ1v) is 11.8. The molecule has 3 rings (SSSR count). The molecule has 1 heterocycles. The molecule has 0 spiro atoms. The van der Waals surface area contributed by atoms with Gasteiger partial charge in [0.1, 0.15) is 17.2 Å². The second kappa shape index (κ2) is 13.5. The number of rotatable bonds is 11. The molecule has 0 atom stereocenters. The van der Waals surface area contributed by atoms with Crippen molar-refractivity contribution in [3.63, 3.8) is 0 Å². The largest absolute Gasteiger partial charge is 0.462 e. The van der Waals surface area contributed by atoms with Crippen LogP contribution in [0.15, 0.2) is 66.9 Å². The number of aromatic nitrogens is 1. The molecular weight excluding hydrogens is 460 g/mol. The number of urea groups is 1. The first-order valence-electron chi connectivity index (χ1n) is 11.8. The Kier molecular flexibility index (Phi) is 9.81. The van der Waals surface area contributed by atoms with Crippen LogP contribution in [0.1, 0.15) is 52.6 Å². The summed E-state index contributed by atoms with van der Waals surface area (Å²) in [6.45, 7) is 2.81. The van der Waals surface area contributed by atoms with E-state index >= 15 is 0 Å². The third-order valence-electron chi connectivity index (χ3n) is 5.16. The highest BCUT2D eigenvalue weighted by Gasteiger charge is 2.09. The predicted octanol–water partition coefficient (Wildman–Crippen LogP) is 4.90. The standard InChI is InChI=1S/C27H30N4O5/c1-3-4-5-16-35-26(33)20-8-10-21(11-9-20)31-27(34)30-18-19-6-12-22(13-7-19)36-23-14-15-29-24(17-23)25(32)28-2/h6-15,17H,3-5,16,18H2,1-2H3,(H,28,32)(H2,30,31,34). The average Bonchev–Trinajstić information content (AvgIpc) is 2.90. The molecule has 9 heteroatoms. The number of carbonyl (C=O) groups is 3. The van der Waals surface area contributed by atoms with Crippen LogP contribution in [-0.2, 0) is 11.3 Å². The van der Waals surface area contributed by atoms with Gasteiger partial charge in [0, 0.05) is 31.5 Å². The van der Waals surface area contributed by atoms with Crippen molar-refractivity contribution in [3.05, 3.63) is 83.7 Å². The van der Waals surface area contributed by atoms with Crippen molar-refractivity contribution in [2.75, 3.05) is 19.0 Å². The fourth-order valence-corrected chi connectivity index (χ4v) is 3.19. The molecule has 0 fully saturated rings. The molecule has 3 aromatic rings. The smallest absolute Gasteiger partial charge is 0.338 e. The molecule has 0 saturated carbocycles. The summed E-state index contributed by atoms with van der Waals surface area (Å²) in [5.41, 5.74) is 2.14. The number of hydrogen-bond acceptors (Lipinski definition) is 6. The Morgan fingerprint density at radius 1 is 0.917 bits per heavy atom. The Hall–Kier alpha value is -4.40. The molecule has 0 aliphatic carbocycles. The second-order valence-corrected chi connectivity index (χ2v) is 7.93. The van der Waals surface area contributed by atoms with Gasteiger partial charge in [-0.25, -0.2) is 9.59 Å². The second-order valence-electron chi connectivity index (χ2n) is 7.93. The van der Waals surface area contributed by atoms with Crippen LogP contribution in [0.2, 0.25) is 0 Å². The van der Waals surface area contributed by atoms with Gasteiger partial charge in [-0.1, -0.05) is 31.9 Å². The summed E-state index contributed by atoms with van der Waals surface area (Å²) in [5, 5.41) is 8.04. The van der Waals surface area contributed by atoms with Crippen LogP contribution in [0.25, 0.3) is 0 Å². The number of amides is 3. The van der Waals surface area contributed by atoms with E-state index in [1.165, 1.54) is 13.2 Å². The van der Waals surface area contributed by atoms with E-state index in [0.29, 0.717) is 35.9 Å². The summed E-state index contributed by atoms with van der Waals surface area (Å²) >= 11 is 0. The van der Waals surface area contributed by atoms with Gasteiger partial charge in [-0.15, -0.1) is 0 Å². The zero-order chi connectivity index (χ0) is 25.8. The van der Waals surface area contributed by atoms with Crippen LogP contribution in [0, 0.1) is 0 Å². The maximum Gasteiger partial charge on any atom is 0.338 e. The van der Waals surface area contributed by atoms with E-state index in [0.717, 1.165) is 24.8 Å². The molecule has 0 unspecified atom stereocenters. The molecule has 0 bridgehead atoms. The average molecular weight is 491 g/mol. The molecule has 3 amide bonds. The third-order valence-corrected chi connectivity index (χ3v) is 5.16. The molecule has 3 N–H and O–H groups in total. The molecule has 9 nitrogen and oxygen atoms in total. The van der Waals surface area contributed by atoms with Crippen LogP contribution in [-0.4, -0.2) is 36.5 Å². The van der Waals surface area contributed by atoms with E-state index < -0.39 is 0 Å². The molecule has 0 radical (unpaired) electrons. The highest BCUT2D eigenvalue weighted by Crippen LogP contribution is 2.22. The van der Waals surface area contributed by atoms with E-state index in [4.69, 9.17) is 9.47 Å². The molecule has 2 aromatic carbocycles. The minimum Gasteiger partial charge on any atom is -0.462 e. The first-order chi connectivity index (χ1) is 17.5. The Morgan fingerprint density at radius 2 is 1.67 bits per heavy atom. The van der Waals surface area contributed by atoms with Gasteiger partial charge in [-0.3, -0.25) is 9.78 Å². The monoisotopic (exact) mass is 490 g/mol. The van der Waals surface area contributed by atoms with E-state index in [9.17, 15) is 14.4 Å². The molecular formula is C27H30N4O5. The number of unbranched alkanes of at least 4 members (excludes halogenated alkanes) is 2. The van der Waals surface area contributed by atoms with Crippen molar-refractivity contribution in [1.82, 2.24) is 15.6 Å². The van der Waals surface area contributed by atoms with Crippen LogP contribution in [0.5, 0.6) is 11.5 Å². The van der Waals surface area contributed by atoms with Crippen LogP contribution in [0.4, 0.5) is 10.5 Å². The van der Waals surface area contributed by atoms with Gasteiger partial charge in [0.2, 0.25) is 0 Å². The number of pyridine rings is 1. The molecule has 1 aromatic heterocycles. The Bertz CT molecular complexity index is 1160. The van der Waals surface area contributed by atoms with Crippen molar-refractivity contribution >= 4 is 23.6 Å². The highest BCUT2D eigenvalue weighted by atomic mass is 16.5. The number of anilines is 1. The van der Waals surface area contributed by atoms with E-state index in [1.807, 2.05) is 12.1 Å². The van der Waals surface area contributed by atoms with Gasteiger partial charge in [-0.05, 0) is 54.4 Å². The summed E-state index contributed by atoms with van der Waals surface area (Å²) in [6.07, 6.45) is 4.44. The van der Waals surface area contributed by atoms with E-state index in [-0.39, 0.29) is 23.6 Å². The maximum absolute atomic E-state index is 12.3.